The molecular weight excluding hydrogens is 342 g/mol. The third-order valence-corrected chi connectivity index (χ3v) is 4.66. The minimum Gasteiger partial charge on any atom is -0.354 e. The Balaban J connectivity index is 1.36. The van der Waals surface area contributed by atoms with Gasteiger partial charge in [0.2, 0.25) is 5.91 Å². The molecule has 1 aliphatic heterocycles. The number of carbonyl (C=O) groups is 1. The van der Waals surface area contributed by atoms with Gasteiger partial charge in [-0.25, -0.2) is 4.68 Å². The second kappa shape index (κ2) is 7.94. The van der Waals surface area contributed by atoms with Gasteiger partial charge in [0.25, 0.3) is 0 Å². The zero-order valence-corrected chi connectivity index (χ0v) is 14.9. The van der Waals surface area contributed by atoms with Gasteiger partial charge in [0.15, 0.2) is 11.6 Å². The Kier molecular flexibility index (Phi) is 5.04. The quantitative estimate of drug-likeness (QED) is 0.741. The fraction of sp³-hybridized carbons (Fsp3) is 0.316. The number of nitrogens with one attached hydrogen (secondary N) is 1. The minimum absolute atomic E-state index is 0.0601. The average Bonchev–Trinajstić information content (AvgIpc) is 3.28. The van der Waals surface area contributed by atoms with Gasteiger partial charge in [-0.15, -0.1) is 10.2 Å². The maximum atomic E-state index is 12.5. The van der Waals surface area contributed by atoms with Crippen molar-refractivity contribution in [1.82, 2.24) is 30.3 Å². The molecule has 8 nitrogen and oxygen atoms in total. The number of hydrogen-bond acceptors (Lipinski definition) is 6. The summed E-state index contributed by atoms with van der Waals surface area (Å²) in [6.45, 7) is 1.97. The van der Waals surface area contributed by atoms with E-state index in [4.69, 9.17) is 0 Å². The lowest BCUT2D eigenvalue weighted by molar-refractivity contribution is -0.125. The highest BCUT2D eigenvalue weighted by atomic mass is 16.1. The van der Waals surface area contributed by atoms with Crippen LogP contribution in [0, 0.1) is 5.92 Å². The molecule has 0 saturated carbocycles. The van der Waals surface area contributed by atoms with E-state index >= 15 is 0 Å². The molecule has 0 aromatic carbocycles. The van der Waals surface area contributed by atoms with Crippen LogP contribution in [0.3, 0.4) is 0 Å². The summed E-state index contributed by atoms with van der Waals surface area (Å²) in [5.41, 5.74) is 0.860. The first-order valence-corrected chi connectivity index (χ1v) is 9.06. The third-order valence-electron chi connectivity index (χ3n) is 4.66. The highest BCUT2D eigenvalue weighted by molar-refractivity contribution is 5.79. The Morgan fingerprint density at radius 2 is 2.00 bits per heavy atom. The van der Waals surface area contributed by atoms with Crippen molar-refractivity contribution in [3.63, 3.8) is 0 Å². The van der Waals surface area contributed by atoms with Crippen molar-refractivity contribution in [2.24, 2.45) is 5.92 Å². The van der Waals surface area contributed by atoms with Crippen molar-refractivity contribution in [2.75, 3.05) is 18.0 Å². The molecule has 3 aromatic rings. The molecule has 0 aliphatic carbocycles. The summed E-state index contributed by atoms with van der Waals surface area (Å²) in [6, 6.07) is 11.3. The number of nitrogens with zero attached hydrogens (tertiary/aromatic N) is 6. The van der Waals surface area contributed by atoms with Gasteiger partial charge in [0.05, 0.1) is 18.2 Å². The zero-order chi connectivity index (χ0) is 18.5. The van der Waals surface area contributed by atoms with E-state index in [0.29, 0.717) is 18.9 Å². The van der Waals surface area contributed by atoms with E-state index < -0.39 is 0 Å². The number of pyridine rings is 1. The molecule has 1 saturated heterocycles. The molecule has 1 atom stereocenters. The number of rotatable bonds is 5. The summed E-state index contributed by atoms with van der Waals surface area (Å²) in [5.74, 6) is 1.46. The first kappa shape index (κ1) is 17.1. The van der Waals surface area contributed by atoms with E-state index in [0.717, 1.165) is 30.9 Å². The van der Waals surface area contributed by atoms with E-state index in [1.807, 2.05) is 42.6 Å². The van der Waals surface area contributed by atoms with Crippen LogP contribution in [-0.2, 0) is 11.3 Å². The Morgan fingerprint density at radius 3 is 2.74 bits per heavy atom. The Morgan fingerprint density at radius 1 is 1.11 bits per heavy atom. The van der Waals surface area contributed by atoms with E-state index in [1.54, 1.807) is 17.1 Å². The van der Waals surface area contributed by atoms with Crippen molar-refractivity contribution in [1.29, 1.82) is 0 Å². The zero-order valence-electron chi connectivity index (χ0n) is 14.9. The number of anilines is 1. The lowest BCUT2D eigenvalue weighted by Gasteiger charge is -2.32. The summed E-state index contributed by atoms with van der Waals surface area (Å²) in [6.07, 6.45) is 7.09. The highest BCUT2D eigenvalue weighted by Crippen LogP contribution is 2.22. The van der Waals surface area contributed by atoms with Crippen molar-refractivity contribution >= 4 is 11.7 Å². The number of carbonyl (C=O) groups excluding carboxylic acids is 1. The molecule has 27 heavy (non-hydrogen) atoms. The number of hydrogen-bond donors (Lipinski definition) is 1. The Labute approximate surface area is 157 Å². The minimum atomic E-state index is -0.0601. The summed E-state index contributed by atoms with van der Waals surface area (Å²) < 4.78 is 1.67. The highest BCUT2D eigenvalue weighted by Gasteiger charge is 2.26. The van der Waals surface area contributed by atoms with Crippen LogP contribution in [0.25, 0.3) is 5.82 Å². The predicted molar refractivity (Wildman–Crippen MR) is 100 cm³/mol. The first-order chi connectivity index (χ1) is 13.3. The fourth-order valence-electron chi connectivity index (χ4n) is 3.24. The molecule has 4 rings (SSSR count). The lowest BCUT2D eigenvalue weighted by Crippen LogP contribution is -2.43. The molecule has 0 unspecified atom stereocenters. The van der Waals surface area contributed by atoms with Gasteiger partial charge in [-0.05, 0) is 43.2 Å². The largest absolute Gasteiger partial charge is 0.354 e. The van der Waals surface area contributed by atoms with Crippen LogP contribution in [0.2, 0.25) is 0 Å². The second-order valence-corrected chi connectivity index (χ2v) is 6.52. The van der Waals surface area contributed by atoms with E-state index in [1.165, 1.54) is 0 Å². The molecule has 1 amide bonds. The predicted octanol–water partition coefficient (Wildman–Crippen LogP) is 1.59. The molecular formula is C19H21N7O. The van der Waals surface area contributed by atoms with Gasteiger partial charge in [-0.2, -0.15) is 5.10 Å². The van der Waals surface area contributed by atoms with Crippen LogP contribution in [0.15, 0.2) is 55.0 Å². The van der Waals surface area contributed by atoms with Crippen LogP contribution in [0.1, 0.15) is 18.5 Å². The molecule has 1 N–H and O–H groups in total. The summed E-state index contributed by atoms with van der Waals surface area (Å²) >= 11 is 0. The Bertz CT molecular complexity index is 865. The van der Waals surface area contributed by atoms with Crippen LogP contribution in [0.5, 0.6) is 0 Å². The van der Waals surface area contributed by atoms with Gasteiger partial charge < -0.3 is 10.2 Å². The summed E-state index contributed by atoms with van der Waals surface area (Å²) in [5, 5.41) is 15.7. The third kappa shape index (κ3) is 4.11. The van der Waals surface area contributed by atoms with Gasteiger partial charge in [0, 0.05) is 31.7 Å². The molecule has 0 spiro atoms. The van der Waals surface area contributed by atoms with E-state index in [-0.39, 0.29) is 11.8 Å². The van der Waals surface area contributed by atoms with Gasteiger partial charge in [-0.3, -0.25) is 9.78 Å². The molecule has 0 radical (unpaired) electrons. The van der Waals surface area contributed by atoms with Gasteiger partial charge in [-0.1, -0.05) is 6.07 Å². The van der Waals surface area contributed by atoms with Crippen molar-refractivity contribution < 1.29 is 4.79 Å². The number of aromatic nitrogens is 5. The van der Waals surface area contributed by atoms with Crippen LogP contribution >= 0.6 is 0 Å². The maximum Gasteiger partial charge on any atom is 0.225 e. The second-order valence-electron chi connectivity index (χ2n) is 6.52. The number of piperidine rings is 1. The van der Waals surface area contributed by atoms with Crippen LogP contribution < -0.4 is 10.2 Å². The standard InChI is InChI=1S/C19H21N7O/c27-19(21-13-16-6-1-2-9-20-16)15-5-3-11-25(14-15)17-7-8-18(24-23-17)26-12-4-10-22-26/h1-2,4,6-10,12,15H,3,5,11,13-14H2,(H,21,27)/t15-/m1/s1. The number of amides is 1. The average molecular weight is 363 g/mol. The van der Waals surface area contributed by atoms with Gasteiger partial charge in [0.1, 0.15) is 0 Å². The smallest absolute Gasteiger partial charge is 0.225 e. The van der Waals surface area contributed by atoms with Crippen molar-refractivity contribution in [2.45, 2.75) is 19.4 Å². The van der Waals surface area contributed by atoms with E-state index in [2.05, 4.69) is 30.5 Å². The normalized spacial score (nSPS) is 16.9. The van der Waals surface area contributed by atoms with Gasteiger partial charge >= 0.3 is 0 Å². The lowest BCUT2D eigenvalue weighted by atomic mass is 9.97. The molecule has 4 heterocycles. The van der Waals surface area contributed by atoms with Crippen LogP contribution in [-0.4, -0.2) is 44.0 Å². The van der Waals surface area contributed by atoms with Crippen molar-refractivity contribution in [3.8, 4) is 5.82 Å². The topological polar surface area (TPSA) is 88.8 Å². The molecule has 8 heteroatoms. The molecule has 1 fully saturated rings. The summed E-state index contributed by atoms with van der Waals surface area (Å²) in [4.78, 5) is 18.9. The maximum absolute atomic E-state index is 12.5. The van der Waals surface area contributed by atoms with Crippen molar-refractivity contribution in [3.05, 3.63) is 60.7 Å². The molecule has 1 aliphatic rings. The summed E-state index contributed by atoms with van der Waals surface area (Å²) in [7, 11) is 0. The van der Waals surface area contributed by atoms with E-state index in [9.17, 15) is 4.79 Å². The molecule has 138 valence electrons. The molecule has 0 bridgehead atoms. The fourth-order valence-corrected chi connectivity index (χ4v) is 3.24. The Hall–Kier alpha value is -3.29. The monoisotopic (exact) mass is 363 g/mol. The first-order valence-electron chi connectivity index (χ1n) is 9.06. The SMILES string of the molecule is O=C(NCc1ccccn1)[C@@H]1CCCN(c2ccc(-n3cccn3)nn2)C1. The van der Waals surface area contributed by atoms with Crippen LogP contribution in [0.4, 0.5) is 5.82 Å². The molecule has 3 aromatic heterocycles.